The molecule has 9 heteroatoms. The predicted octanol–water partition coefficient (Wildman–Crippen LogP) is 5.05. The lowest BCUT2D eigenvalue weighted by Crippen LogP contribution is -2.35. The Bertz CT molecular complexity index is 1400. The number of benzene rings is 3. The Kier molecular flexibility index (Phi) is 9.29. The molecule has 2 heterocycles. The molecule has 1 amide bonds. The Morgan fingerprint density at radius 2 is 1.71 bits per heavy atom. The summed E-state index contributed by atoms with van der Waals surface area (Å²) in [6, 6.07) is 18.5. The van der Waals surface area contributed by atoms with E-state index in [9.17, 15) is 14.7 Å². The van der Waals surface area contributed by atoms with Gasteiger partial charge < -0.3 is 29.4 Å². The Balaban J connectivity index is 1.51. The number of methoxy groups -OCH3 is 1. The number of ether oxygens (including phenoxy) is 4. The van der Waals surface area contributed by atoms with E-state index < -0.39 is 23.8 Å². The maximum atomic E-state index is 13.7. The number of hydrogen-bond donors (Lipinski definition) is 2. The predicted molar refractivity (Wildman–Crippen MR) is 158 cm³/mol. The van der Waals surface area contributed by atoms with Crippen LogP contribution in [0.3, 0.4) is 0 Å². The number of amides is 1. The summed E-state index contributed by atoms with van der Waals surface area (Å²) >= 11 is 0. The fraction of sp³-hybridized carbons (Fsp3) is 0.394. The highest BCUT2D eigenvalue weighted by Gasteiger charge is 2.49. The molecule has 0 radical (unpaired) electrons. The van der Waals surface area contributed by atoms with Crippen molar-refractivity contribution in [3.8, 4) is 17.2 Å². The van der Waals surface area contributed by atoms with Gasteiger partial charge in [-0.15, -0.1) is 0 Å². The van der Waals surface area contributed by atoms with Gasteiger partial charge in [0.15, 0.2) is 11.5 Å². The van der Waals surface area contributed by atoms with Gasteiger partial charge >= 0.3 is 5.97 Å². The molecule has 0 unspecified atom stereocenters. The monoisotopic (exact) mass is 574 g/mol. The molecule has 0 bridgehead atoms. The van der Waals surface area contributed by atoms with E-state index in [1.54, 1.807) is 7.11 Å². The van der Waals surface area contributed by atoms with E-state index in [1.807, 2.05) is 65.6 Å². The van der Waals surface area contributed by atoms with Crippen LogP contribution in [0, 0.1) is 5.92 Å². The lowest BCUT2D eigenvalue weighted by atomic mass is 9.82. The highest BCUT2D eigenvalue weighted by molar-refractivity contribution is 5.94. The van der Waals surface area contributed by atoms with Crippen molar-refractivity contribution in [1.29, 1.82) is 0 Å². The van der Waals surface area contributed by atoms with Crippen LogP contribution >= 0.6 is 0 Å². The van der Waals surface area contributed by atoms with Crippen LogP contribution in [0.15, 0.2) is 60.7 Å². The van der Waals surface area contributed by atoms with Crippen LogP contribution < -0.4 is 19.5 Å². The van der Waals surface area contributed by atoms with Crippen molar-refractivity contribution in [2.75, 3.05) is 45.5 Å². The molecule has 2 aliphatic rings. The van der Waals surface area contributed by atoms with Gasteiger partial charge in [0.2, 0.25) is 12.7 Å². The SMILES string of the molecule is CCc1cccc(CC)c1NC(=O)CN1C[C@H](c2ccc3c(c2)OCO3)[C@@H](C(=O)O)[C@@H]1c1ccccc1OCCOC. The summed E-state index contributed by atoms with van der Waals surface area (Å²) in [4.78, 5) is 28.6. The molecule has 0 spiro atoms. The average molecular weight is 575 g/mol. The van der Waals surface area contributed by atoms with E-state index in [2.05, 4.69) is 19.2 Å². The number of nitrogens with zero attached hydrogens (tertiary/aromatic N) is 1. The van der Waals surface area contributed by atoms with Crippen LogP contribution in [0.5, 0.6) is 17.2 Å². The summed E-state index contributed by atoms with van der Waals surface area (Å²) < 4.78 is 22.3. The largest absolute Gasteiger partial charge is 0.491 e. The normalized spacial score (nSPS) is 19.5. The molecule has 3 aromatic rings. The molecule has 9 nitrogen and oxygen atoms in total. The van der Waals surface area contributed by atoms with Crippen LogP contribution in [0.2, 0.25) is 0 Å². The van der Waals surface area contributed by atoms with Gasteiger partial charge in [0.25, 0.3) is 0 Å². The third kappa shape index (κ3) is 6.07. The molecule has 2 aliphatic heterocycles. The molecule has 2 N–H and O–H groups in total. The second-order valence-corrected chi connectivity index (χ2v) is 10.5. The fourth-order valence-corrected chi connectivity index (χ4v) is 6.10. The van der Waals surface area contributed by atoms with E-state index in [-0.39, 0.29) is 19.2 Å². The second-order valence-electron chi connectivity index (χ2n) is 10.5. The number of aryl methyl sites for hydroxylation is 2. The van der Waals surface area contributed by atoms with Gasteiger partial charge in [-0.05, 0) is 47.7 Å². The maximum absolute atomic E-state index is 13.7. The van der Waals surface area contributed by atoms with Crippen molar-refractivity contribution in [2.45, 2.75) is 38.6 Å². The van der Waals surface area contributed by atoms with Crippen LogP contribution in [-0.2, 0) is 27.2 Å². The Morgan fingerprint density at radius 1 is 0.976 bits per heavy atom. The van der Waals surface area contributed by atoms with Crippen molar-refractivity contribution in [3.63, 3.8) is 0 Å². The molecule has 0 aliphatic carbocycles. The van der Waals surface area contributed by atoms with Crippen LogP contribution in [0.4, 0.5) is 5.69 Å². The van der Waals surface area contributed by atoms with E-state index in [0.29, 0.717) is 37.0 Å². The van der Waals surface area contributed by atoms with Crippen LogP contribution in [0.1, 0.15) is 48.1 Å². The molecule has 0 saturated carbocycles. The number of fused-ring (bicyclic) bond motifs is 1. The molecule has 42 heavy (non-hydrogen) atoms. The highest BCUT2D eigenvalue weighted by Crippen LogP contribution is 2.49. The Morgan fingerprint density at radius 3 is 2.43 bits per heavy atom. The first kappa shape index (κ1) is 29.4. The molecular weight excluding hydrogens is 536 g/mol. The van der Waals surface area contributed by atoms with E-state index in [4.69, 9.17) is 18.9 Å². The molecule has 5 rings (SSSR count). The molecular formula is C33H38N2O7. The van der Waals surface area contributed by atoms with Gasteiger partial charge in [-0.1, -0.05) is 56.3 Å². The van der Waals surface area contributed by atoms with Gasteiger partial charge in [0.1, 0.15) is 12.4 Å². The van der Waals surface area contributed by atoms with Crippen molar-refractivity contribution < 1.29 is 33.6 Å². The number of carbonyl (C=O) groups is 2. The molecule has 0 aromatic heterocycles. The first-order valence-corrected chi connectivity index (χ1v) is 14.4. The van der Waals surface area contributed by atoms with E-state index >= 15 is 0 Å². The molecule has 3 atom stereocenters. The number of rotatable bonds is 12. The second kappa shape index (κ2) is 13.3. The van der Waals surface area contributed by atoms with Gasteiger partial charge in [0, 0.05) is 30.8 Å². The van der Waals surface area contributed by atoms with Gasteiger partial charge in [-0.25, -0.2) is 0 Å². The Hall–Kier alpha value is -4.08. The van der Waals surface area contributed by atoms with Gasteiger partial charge in [-0.2, -0.15) is 0 Å². The number of anilines is 1. The quantitative estimate of drug-likeness (QED) is 0.290. The number of para-hydroxylation sites is 2. The van der Waals surface area contributed by atoms with E-state index in [0.717, 1.165) is 40.8 Å². The third-order valence-electron chi connectivity index (χ3n) is 8.10. The highest BCUT2D eigenvalue weighted by atomic mass is 16.7. The van der Waals surface area contributed by atoms with Crippen molar-refractivity contribution in [1.82, 2.24) is 4.90 Å². The summed E-state index contributed by atoms with van der Waals surface area (Å²) in [6.07, 6.45) is 1.57. The van der Waals surface area contributed by atoms with Gasteiger partial charge in [-0.3, -0.25) is 14.5 Å². The zero-order valence-corrected chi connectivity index (χ0v) is 24.3. The van der Waals surface area contributed by atoms with E-state index in [1.165, 1.54) is 0 Å². The Labute approximate surface area is 246 Å². The summed E-state index contributed by atoms with van der Waals surface area (Å²) in [5.74, 6) is -0.584. The number of hydrogen-bond acceptors (Lipinski definition) is 7. The zero-order valence-electron chi connectivity index (χ0n) is 24.3. The van der Waals surface area contributed by atoms with Crippen molar-refractivity contribution >= 4 is 17.6 Å². The minimum Gasteiger partial charge on any atom is -0.491 e. The summed E-state index contributed by atoms with van der Waals surface area (Å²) in [7, 11) is 1.60. The summed E-state index contributed by atoms with van der Waals surface area (Å²) in [6.45, 7) is 5.34. The average Bonchev–Trinajstić information content (AvgIpc) is 3.62. The number of nitrogens with one attached hydrogen (secondary N) is 1. The summed E-state index contributed by atoms with van der Waals surface area (Å²) in [5, 5.41) is 13.8. The minimum absolute atomic E-state index is 0.0170. The third-order valence-corrected chi connectivity index (χ3v) is 8.10. The number of likely N-dealkylation sites (tertiary alicyclic amines) is 1. The lowest BCUT2D eigenvalue weighted by Gasteiger charge is -2.28. The first-order valence-electron chi connectivity index (χ1n) is 14.4. The standard InChI is InChI=1S/C33H38N2O7/c1-4-21-9-8-10-22(5-2)31(21)34-29(36)19-35-18-25(23-13-14-27-28(17-23)42-20-41-27)30(33(37)38)32(35)24-11-6-7-12-26(24)40-16-15-39-3/h6-14,17,25,30,32H,4-5,15-16,18-20H2,1-3H3,(H,34,36)(H,37,38)/t25-,30-,32+/m1/s1. The fourth-order valence-electron chi connectivity index (χ4n) is 6.10. The van der Waals surface area contributed by atoms with Crippen molar-refractivity contribution in [2.24, 2.45) is 5.92 Å². The number of aliphatic carboxylic acids is 1. The summed E-state index contributed by atoms with van der Waals surface area (Å²) in [5.41, 5.74) is 4.52. The number of carbonyl (C=O) groups excluding carboxylic acids is 1. The maximum Gasteiger partial charge on any atom is 0.309 e. The number of carboxylic acid groups (broad SMARTS) is 1. The molecule has 1 saturated heterocycles. The van der Waals surface area contributed by atoms with Crippen LogP contribution in [-0.4, -0.2) is 62.1 Å². The smallest absolute Gasteiger partial charge is 0.309 e. The minimum atomic E-state index is -0.943. The molecule has 3 aromatic carbocycles. The molecule has 222 valence electrons. The molecule has 1 fully saturated rings. The van der Waals surface area contributed by atoms with Crippen LogP contribution in [0.25, 0.3) is 0 Å². The zero-order chi connectivity index (χ0) is 29.6. The first-order chi connectivity index (χ1) is 20.4. The topological polar surface area (TPSA) is 107 Å². The number of carboxylic acids is 1. The van der Waals surface area contributed by atoms with Crippen molar-refractivity contribution in [3.05, 3.63) is 82.9 Å². The lowest BCUT2D eigenvalue weighted by molar-refractivity contribution is -0.143. The van der Waals surface area contributed by atoms with Gasteiger partial charge in [0.05, 0.1) is 25.1 Å².